The molecule has 0 unspecified atom stereocenters. The number of allylic oxidation sites excluding steroid dienone is 5. The van der Waals surface area contributed by atoms with Crippen LogP contribution in [0.2, 0.25) is 0 Å². The number of hydrogen-bond acceptors (Lipinski definition) is 0. The zero-order chi connectivity index (χ0) is 45.0. The van der Waals surface area contributed by atoms with E-state index in [2.05, 4.69) is 267 Å². The zero-order valence-corrected chi connectivity index (χ0v) is 37.4. The van der Waals surface area contributed by atoms with Gasteiger partial charge in [-0.05, 0) is 169 Å². The van der Waals surface area contributed by atoms with E-state index < -0.39 is 0 Å². The first kappa shape index (κ1) is 39.5. The molecule has 0 bridgehead atoms. The minimum absolute atomic E-state index is 1.20. The highest BCUT2D eigenvalue weighted by molar-refractivity contribution is 6.39. The third kappa shape index (κ3) is 6.77. The Morgan fingerprint density at radius 3 is 0.912 bits per heavy atom. The van der Waals surface area contributed by atoms with Gasteiger partial charge in [0.15, 0.2) is 0 Å². The molecule has 2 aliphatic carbocycles. The van der Waals surface area contributed by atoms with E-state index in [0.717, 1.165) is 0 Å². The van der Waals surface area contributed by atoms with Gasteiger partial charge in [0.25, 0.3) is 0 Å². The van der Waals surface area contributed by atoms with Crippen LogP contribution in [0.15, 0.2) is 272 Å². The minimum Gasteiger partial charge on any atom is -0.0622 e. The molecule has 316 valence electrons. The van der Waals surface area contributed by atoms with E-state index in [0.29, 0.717) is 0 Å². The van der Waals surface area contributed by atoms with Crippen LogP contribution < -0.4 is 0 Å². The van der Waals surface area contributed by atoms with Crippen molar-refractivity contribution >= 4 is 49.4 Å². The minimum atomic E-state index is 1.20. The molecule has 0 radical (unpaired) electrons. The second-order valence-corrected chi connectivity index (χ2v) is 17.9. The first-order valence-electron chi connectivity index (χ1n) is 23.6. The molecule has 11 aromatic rings. The van der Waals surface area contributed by atoms with Gasteiger partial charge in [0.1, 0.15) is 0 Å². The monoisotopic (exact) mass is 860 g/mol. The topological polar surface area (TPSA) is 0 Å². The summed E-state index contributed by atoms with van der Waals surface area (Å²) in [4.78, 5) is 0. The molecule has 0 nitrogen and oxygen atoms in total. The molecule has 11 aromatic carbocycles. The summed E-state index contributed by atoms with van der Waals surface area (Å²) >= 11 is 0. The van der Waals surface area contributed by atoms with Gasteiger partial charge in [0.2, 0.25) is 0 Å². The Morgan fingerprint density at radius 2 is 0.441 bits per heavy atom. The molecular weight excluding hydrogens is 817 g/mol. The van der Waals surface area contributed by atoms with Crippen LogP contribution in [-0.2, 0) is 0 Å². The zero-order valence-electron chi connectivity index (χ0n) is 37.4. The Kier molecular flexibility index (Phi) is 9.62. The highest BCUT2D eigenvalue weighted by Crippen LogP contribution is 2.62. The molecule has 0 amide bonds. The van der Waals surface area contributed by atoms with Crippen LogP contribution >= 0.6 is 0 Å². The molecule has 0 fully saturated rings. The van der Waals surface area contributed by atoms with Crippen molar-refractivity contribution in [3.63, 3.8) is 0 Å². The molecule has 0 aliphatic heterocycles. The van der Waals surface area contributed by atoms with Crippen molar-refractivity contribution in [2.45, 2.75) is 0 Å². The molecule has 0 saturated heterocycles. The molecule has 0 heterocycles. The SMILES string of the molecule is c1ccc(C2=C3C(=C(c4ccccc4)c4cc(-c5ccccc5)c(-c5ccccc5)cc43)C(c3ccc4cc(-c5ccccc5)ccc4c3)=C2c2ccc3ccc(-c4ccccc4)cc3c2)cc1. The number of fused-ring (bicyclic) bond motifs is 5. The molecule has 68 heavy (non-hydrogen) atoms. The summed E-state index contributed by atoms with van der Waals surface area (Å²) in [6, 6.07) is 98.5. The first-order chi connectivity index (χ1) is 33.7. The summed E-state index contributed by atoms with van der Waals surface area (Å²) in [7, 11) is 0. The average molecular weight is 861 g/mol. The van der Waals surface area contributed by atoms with Gasteiger partial charge in [0.05, 0.1) is 0 Å². The number of rotatable bonds is 8. The summed E-state index contributed by atoms with van der Waals surface area (Å²) in [6.07, 6.45) is 0. The smallest absolute Gasteiger partial charge is 0.000137 e. The van der Waals surface area contributed by atoms with Gasteiger partial charge >= 0.3 is 0 Å². The fourth-order valence-corrected chi connectivity index (χ4v) is 10.8. The maximum Gasteiger partial charge on any atom is -0.000137 e. The molecule has 0 heteroatoms. The predicted molar refractivity (Wildman–Crippen MR) is 289 cm³/mol. The van der Waals surface area contributed by atoms with Crippen molar-refractivity contribution in [1.82, 2.24) is 0 Å². The van der Waals surface area contributed by atoms with E-state index >= 15 is 0 Å². The second kappa shape index (κ2) is 16.5. The van der Waals surface area contributed by atoms with E-state index in [4.69, 9.17) is 0 Å². The Bertz CT molecular complexity index is 3820. The fourth-order valence-electron chi connectivity index (χ4n) is 10.8. The van der Waals surface area contributed by atoms with Crippen molar-refractivity contribution in [1.29, 1.82) is 0 Å². The van der Waals surface area contributed by atoms with E-state index in [1.165, 1.54) is 133 Å². The van der Waals surface area contributed by atoms with Gasteiger partial charge in [-0.2, -0.15) is 0 Å². The summed E-state index contributed by atoms with van der Waals surface area (Å²) < 4.78 is 0. The lowest BCUT2D eigenvalue weighted by Crippen LogP contribution is -1.97. The fraction of sp³-hybridized carbons (Fsp3) is 0. The van der Waals surface area contributed by atoms with Crippen molar-refractivity contribution in [2.24, 2.45) is 0 Å². The van der Waals surface area contributed by atoms with Crippen LogP contribution in [0.4, 0.5) is 0 Å². The molecular formula is C68H44. The third-order valence-corrected chi connectivity index (χ3v) is 14.0. The maximum atomic E-state index is 2.50. The van der Waals surface area contributed by atoms with Gasteiger partial charge in [-0.15, -0.1) is 0 Å². The van der Waals surface area contributed by atoms with Crippen molar-refractivity contribution in [3.05, 3.63) is 306 Å². The molecule has 2 aliphatic rings. The summed E-state index contributed by atoms with van der Waals surface area (Å²) in [6.45, 7) is 0. The quantitative estimate of drug-likeness (QED) is 0.143. The van der Waals surface area contributed by atoms with Crippen molar-refractivity contribution < 1.29 is 0 Å². The van der Waals surface area contributed by atoms with E-state index in [1.807, 2.05) is 0 Å². The van der Waals surface area contributed by atoms with E-state index in [-0.39, 0.29) is 0 Å². The second-order valence-electron chi connectivity index (χ2n) is 17.9. The number of hydrogen-bond donors (Lipinski definition) is 0. The largest absolute Gasteiger partial charge is 0.0622 e. The lowest BCUT2D eigenvalue weighted by molar-refractivity contribution is 1.52. The molecule has 0 atom stereocenters. The van der Waals surface area contributed by atoms with Crippen molar-refractivity contribution in [3.8, 4) is 44.5 Å². The number of benzene rings is 11. The van der Waals surface area contributed by atoms with Crippen LogP contribution in [0.25, 0.3) is 93.9 Å². The molecule has 0 spiro atoms. The highest BCUT2D eigenvalue weighted by atomic mass is 14.4. The standard InChI is InChI=1S/C68H44/c1-7-19-45(20-8-1)52-34-35-55-40-56(38-36-54(55)39-52)66-65(57-37-32-47-31-33-53(41-58(47)42-57)46-21-9-2-10-22-46)64(51-29-17-6-18-30-51)67-62-44-60(49-25-13-4-14-26-49)59(48-23-11-3-12-24-48)43-61(62)63(68(66)67)50-27-15-5-16-28-50/h1-44H. The summed E-state index contributed by atoms with van der Waals surface area (Å²) in [5.74, 6) is 0. The lowest BCUT2D eigenvalue weighted by atomic mass is 9.84. The predicted octanol–water partition coefficient (Wildman–Crippen LogP) is 18.0. The maximum absolute atomic E-state index is 2.50. The Morgan fingerprint density at radius 1 is 0.132 bits per heavy atom. The van der Waals surface area contributed by atoms with Crippen LogP contribution in [0.3, 0.4) is 0 Å². The van der Waals surface area contributed by atoms with Crippen LogP contribution in [0, 0.1) is 0 Å². The third-order valence-electron chi connectivity index (χ3n) is 14.0. The highest BCUT2D eigenvalue weighted by Gasteiger charge is 2.41. The van der Waals surface area contributed by atoms with Crippen molar-refractivity contribution in [2.75, 3.05) is 0 Å². The average Bonchev–Trinajstić information content (AvgIpc) is 3.93. The van der Waals surface area contributed by atoms with Crippen LogP contribution in [-0.4, -0.2) is 0 Å². The van der Waals surface area contributed by atoms with E-state index in [9.17, 15) is 0 Å². The van der Waals surface area contributed by atoms with Gasteiger partial charge in [-0.1, -0.05) is 231 Å². The van der Waals surface area contributed by atoms with Gasteiger partial charge in [-0.3, -0.25) is 0 Å². The van der Waals surface area contributed by atoms with Gasteiger partial charge < -0.3 is 0 Å². The lowest BCUT2D eigenvalue weighted by Gasteiger charge is -2.19. The summed E-state index contributed by atoms with van der Waals surface area (Å²) in [5, 5.41) is 4.87. The Hall–Kier alpha value is -8.84. The van der Waals surface area contributed by atoms with E-state index in [1.54, 1.807) is 0 Å². The van der Waals surface area contributed by atoms with Crippen LogP contribution in [0.5, 0.6) is 0 Å². The normalized spacial score (nSPS) is 13.1. The Labute approximate surface area is 397 Å². The van der Waals surface area contributed by atoms with Crippen LogP contribution in [0.1, 0.15) is 33.4 Å². The molecule has 13 rings (SSSR count). The van der Waals surface area contributed by atoms with Gasteiger partial charge in [0, 0.05) is 0 Å². The first-order valence-corrected chi connectivity index (χ1v) is 23.6. The molecule has 0 N–H and O–H groups in total. The Balaban J connectivity index is 1.15. The molecule has 0 aromatic heterocycles. The molecule has 0 saturated carbocycles. The summed E-state index contributed by atoms with van der Waals surface area (Å²) in [5.41, 5.74) is 24.6. The van der Waals surface area contributed by atoms with Gasteiger partial charge in [-0.25, -0.2) is 0 Å².